The predicted octanol–water partition coefficient (Wildman–Crippen LogP) is 1.83. The van der Waals surface area contributed by atoms with Crippen molar-refractivity contribution in [1.29, 1.82) is 0 Å². The minimum atomic E-state index is -0.837. The van der Waals surface area contributed by atoms with Crippen LogP contribution in [0, 0.1) is 0 Å². The van der Waals surface area contributed by atoms with Crippen LogP contribution in [-0.4, -0.2) is 24.3 Å². The summed E-state index contributed by atoms with van der Waals surface area (Å²) in [6, 6.07) is 0. The third-order valence-electron chi connectivity index (χ3n) is 1.45. The predicted molar refractivity (Wildman–Crippen MR) is 47.1 cm³/mol. The highest BCUT2D eigenvalue weighted by molar-refractivity contribution is 5.86. The number of carboxylic acid groups (broad SMARTS) is 1. The highest BCUT2D eigenvalue weighted by Gasteiger charge is 2.04. The molecule has 3 nitrogen and oxygen atoms in total. The molecule has 0 aliphatic heterocycles. The summed E-state index contributed by atoms with van der Waals surface area (Å²) in [6.07, 6.45) is 2.98. The van der Waals surface area contributed by atoms with E-state index in [4.69, 9.17) is 9.84 Å². The zero-order valence-corrected chi connectivity index (χ0v) is 7.67. The van der Waals surface area contributed by atoms with E-state index in [-0.39, 0.29) is 0 Å². The van der Waals surface area contributed by atoms with Gasteiger partial charge in [-0.1, -0.05) is 13.0 Å². The van der Waals surface area contributed by atoms with Gasteiger partial charge in [0.05, 0.1) is 6.61 Å². The first-order chi connectivity index (χ1) is 5.72. The van der Waals surface area contributed by atoms with Crippen molar-refractivity contribution in [2.45, 2.75) is 26.7 Å². The Bertz CT molecular complexity index is 161. The van der Waals surface area contributed by atoms with E-state index in [1.165, 1.54) is 0 Å². The highest BCUT2D eigenvalue weighted by Crippen LogP contribution is 2.03. The molecule has 0 atom stereocenters. The van der Waals surface area contributed by atoms with Crippen LogP contribution >= 0.6 is 0 Å². The number of hydrogen-bond acceptors (Lipinski definition) is 2. The van der Waals surface area contributed by atoms with Crippen molar-refractivity contribution in [1.82, 2.24) is 0 Å². The number of carbonyl (C=O) groups is 1. The van der Waals surface area contributed by atoms with Gasteiger partial charge < -0.3 is 9.84 Å². The standard InChI is InChI=1S/C9H16O3/c1-3-5-8(9(10)11)6-7-12-4-2/h5H,3-4,6-7H2,1-2H3,(H,10,11). The van der Waals surface area contributed by atoms with Gasteiger partial charge in [0.15, 0.2) is 0 Å². The lowest BCUT2D eigenvalue weighted by molar-refractivity contribution is -0.133. The number of carboxylic acids is 1. The van der Waals surface area contributed by atoms with E-state index < -0.39 is 5.97 Å². The minimum Gasteiger partial charge on any atom is -0.478 e. The van der Waals surface area contributed by atoms with Gasteiger partial charge >= 0.3 is 5.97 Å². The van der Waals surface area contributed by atoms with Crippen LogP contribution in [0.15, 0.2) is 11.6 Å². The van der Waals surface area contributed by atoms with E-state index in [0.717, 1.165) is 6.42 Å². The van der Waals surface area contributed by atoms with Crippen molar-refractivity contribution in [3.05, 3.63) is 11.6 Å². The van der Waals surface area contributed by atoms with Crippen molar-refractivity contribution < 1.29 is 14.6 Å². The molecule has 0 bridgehead atoms. The van der Waals surface area contributed by atoms with Gasteiger partial charge in [0.1, 0.15) is 0 Å². The number of rotatable bonds is 6. The lowest BCUT2D eigenvalue weighted by Crippen LogP contribution is -2.04. The van der Waals surface area contributed by atoms with Crippen molar-refractivity contribution in [2.75, 3.05) is 13.2 Å². The molecule has 0 aromatic rings. The molecular formula is C9H16O3. The number of ether oxygens (including phenoxy) is 1. The molecule has 0 aromatic heterocycles. The van der Waals surface area contributed by atoms with E-state index >= 15 is 0 Å². The monoisotopic (exact) mass is 172 g/mol. The molecule has 0 fully saturated rings. The second-order valence-electron chi connectivity index (χ2n) is 2.39. The molecule has 12 heavy (non-hydrogen) atoms. The molecule has 1 N–H and O–H groups in total. The van der Waals surface area contributed by atoms with Gasteiger partial charge in [-0.15, -0.1) is 0 Å². The molecule has 0 aromatic carbocycles. The van der Waals surface area contributed by atoms with E-state index in [2.05, 4.69) is 0 Å². The molecule has 3 heteroatoms. The summed E-state index contributed by atoms with van der Waals surface area (Å²) in [7, 11) is 0. The fourth-order valence-electron chi connectivity index (χ4n) is 0.869. The van der Waals surface area contributed by atoms with Crippen LogP contribution in [0.4, 0.5) is 0 Å². The Morgan fingerprint density at radius 3 is 2.58 bits per heavy atom. The largest absolute Gasteiger partial charge is 0.478 e. The first-order valence-corrected chi connectivity index (χ1v) is 4.22. The highest BCUT2D eigenvalue weighted by atomic mass is 16.5. The van der Waals surface area contributed by atoms with Gasteiger partial charge in [-0.3, -0.25) is 0 Å². The van der Waals surface area contributed by atoms with Crippen LogP contribution < -0.4 is 0 Å². The van der Waals surface area contributed by atoms with Crippen molar-refractivity contribution >= 4 is 5.97 Å². The lowest BCUT2D eigenvalue weighted by atomic mass is 10.1. The summed E-state index contributed by atoms with van der Waals surface area (Å²) >= 11 is 0. The molecule has 0 aliphatic rings. The summed E-state index contributed by atoms with van der Waals surface area (Å²) in [5.41, 5.74) is 0.450. The molecule has 0 rings (SSSR count). The molecule has 0 saturated heterocycles. The first-order valence-electron chi connectivity index (χ1n) is 4.22. The Morgan fingerprint density at radius 1 is 1.50 bits per heavy atom. The van der Waals surface area contributed by atoms with Crippen LogP contribution in [0.2, 0.25) is 0 Å². The maximum absolute atomic E-state index is 10.6. The molecule has 70 valence electrons. The summed E-state index contributed by atoms with van der Waals surface area (Å²) in [6.45, 7) is 4.95. The molecule has 0 heterocycles. The zero-order valence-electron chi connectivity index (χ0n) is 7.67. The normalized spacial score (nSPS) is 11.7. The SMILES string of the molecule is CCC=C(CCOCC)C(=O)O. The molecule has 0 unspecified atom stereocenters. The van der Waals surface area contributed by atoms with E-state index in [9.17, 15) is 4.79 Å². The zero-order chi connectivity index (χ0) is 9.40. The molecular weight excluding hydrogens is 156 g/mol. The Morgan fingerprint density at radius 2 is 2.17 bits per heavy atom. The first kappa shape index (κ1) is 11.2. The van der Waals surface area contributed by atoms with Crippen LogP contribution in [0.1, 0.15) is 26.7 Å². The average molecular weight is 172 g/mol. The summed E-state index contributed by atoms with van der Waals surface area (Å²) < 4.78 is 5.06. The van der Waals surface area contributed by atoms with Crippen molar-refractivity contribution in [3.8, 4) is 0 Å². The number of allylic oxidation sites excluding steroid dienone is 1. The maximum atomic E-state index is 10.6. The third kappa shape index (κ3) is 4.91. The average Bonchev–Trinajstić information content (AvgIpc) is 2.03. The molecule has 0 amide bonds. The van der Waals surface area contributed by atoms with Crippen molar-refractivity contribution in [3.63, 3.8) is 0 Å². The quantitative estimate of drug-likeness (QED) is 0.491. The Kier molecular flexibility index (Phi) is 6.38. The van der Waals surface area contributed by atoms with Crippen LogP contribution in [-0.2, 0) is 9.53 Å². The lowest BCUT2D eigenvalue weighted by Gasteiger charge is -2.01. The second-order valence-corrected chi connectivity index (χ2v) is 2.39. The van der Waals surface area contributed by atoms with Crippen LogP contribution in [0.5, 0.6) is 0 Å². The molecule has 0 spiro atoms. The fourth-order valence-corrected chi connectivity index (χ4v) is 0.869. The van der Waals surface area contributed by atoms with Gasteiger partial charge in [-0.2, -0.15) is 0 Å². The Labute approximate surface area is 73.0 Å². The summed E-state index contributed by atoms with van der Waals surface area (Å²) in [4.78, 5) is 10.6. The second kappa shape index (κ2) is 6.85. The number of hydrogen-bond donors (Lipinski definition) is 1. The smallest absolute Gasteiger partial charge is 0.331 e. The summed E-state index contributed by atoms with van der Waals surface area (Å²) in [5, 5.41) is 8.68. The van der Waals surface area contributed by atoms with E-state index in [0.29, 0.717) is 25.2 Å². The molecule has 0 radical (unpaired) electrons. The minimum absolute atomic E-state index is 0.450. The number of aliphatic carboxylic acids is 1. The van der Waals surface area contributed by atoms with Gasteiger partial charge in [-0.25, -0.2) is 4.79 Å². The maximum Gasteiger partial charge on any atom is 0.331 e. The van der Waals surface area contributed by atoms with E-state index in [1.807, 2.05) is 13.8 Å². The summed E-state index contributed by atoms with van der Waals surface area (Å²) in [5.74, 6) is -0.837. The topological polar surface area (TPSA) is 46.5 Å². The van der Waals surface area contributed by atoms with Gasteiger partial charge in [0, 0.05) is 18.6 Å². The fraction of sp³-hybridized carbons (Fsp3) is 0.667. The Balaban J connectivity index is 3.81. The van der Waals surface area contributed by atoms with Gasteiger partial charge in [-0.05, 0) is 13.3 Å². The van der Waals surface area contributed by atoms with Gasteiger partial charge in [0.2, 0.25) is 0 Å². The molecule has 0 aliphatic carbocycles. The molecule has 0 saturated carbocycles. The Hall–Kier alpha value is -0.830. The van der Waals surface area contributed by atoms with Crippen molar-refractivity contribution in [2.24, 2.45) is 0 Å². The van der Waals surface area contributed by atoms with Crippen LogP contribution in [0.25, 0.3) is 0 Å². The van der Waals surface area contributed by atoms with E-state index in [1.54, 1.807) is 6.08 Å². The third-order valence-corrected chi connectivity index (χ3v) is 1.45. The van der Waals surface area contributed by atoms with Crippen LogP contribution in [0.3, 0.4) is 0 Å². The van der Waals surface area contributed by atoms with Gasteiger partial charge in [0.25, 0.3) is 0 Å².